The van der Waals surface area contributed by atoms with Crippen LogP contribution in [-0.4, -0.2) is 29.5 Å². The van der Waals surface area contributed by atoms with Crippen LogP contribution in [0.5, 0.6) is 0 Å². The lowest BCUT2D eigenvalue weighted by atomic mass is 10.0. The van der Waals surface area contributed by atoms with Crippen molar-refractivity contribution in [3.63, 3.8) is 0 Å². The third kappa shape index (κ3) is 2.02. The summed E-state index contributed by atoms with van der Waals surface area (Å²) in [5, 5.41) is 0. The number of pyridine rings is 1. The van der Waals surface area contributed by atoms with Crippen LogP contribution < -0.4 is 0 Å². The van der Waals surface area contributed by atoms with E-state index in [1.54, 1.807) is 0 Å². The van der Waals surface area contributed by atoms with Crippen LogP contribution in [0.1, 0.15) is 18.9 Å². The SMILES string of the molecule is CCN1CC=C(c2cccnc2)CC1. The molecular weight excluding hydrogens is 172 g/mol. The van der Waals surface area contributed by atoms with Gasteiger partial charge in [-0.15, -0.1) is 0 Å². The van der Waals surface area contributed by atoms with E-state index in [1.807, 2.05) is 18.5 Å². The van der Waals surface area contributed by atoms with Crippen LogP contribution in [0.2, 0.25) is 0 Å². The second-order valence-electron chi connectivity index (χ2n) is 3.61. The normalized spacial score (nSPS) is 17.9. The zero-order valence-electron chi connectivity index (χ0n) is 8.61. The molecule has 0 saturated heterocycles. The Labute approximate surface area is 85.3 Å². The number of hydrogen-bond donors (Lipinski definition) is 0. The van der Waals surface area contributed by atoms with Gasteiger partial charge in [-0.05, 0) is 30.2 Å². The van der Waals surface area contributed by atoms with E-state index in [0.717, 1.165) is 19.5 Å². The molecule has 0 atom stereocenters. The van der Waals surface area contributed by atoms with Crippen LogP contribution in [0.25, 0.3) is 5.57 Å². The van der Waals surface area contributed by atoms with E-state index in [4.69, 9.17) is 0 Å². The lowest BCUT2D eigenvalue weighted by Crippen LogP contribution is -2.27. The van der Waals surface area contributed by atoms with Gasteiger partial charge in [-0.1, -0.05) is 19.1 Å². The van der Waals surface area contributed by atoms with Gasteiger partial charge in [-0.25, -0.2) is 0 Å². The monoisotopic (exact) mass is 188 g/mol. The molecule has 0 spiro atoms. The van der Waals surface area contributed by atoms with Gasteiger partial charge in [0.15, 0.2) is 0 Å². The van der Waals surface area contributed by atoms with Crippen molar-refractivity contribution >= 4 is 5.57 Å². The summed E-state index contributed by atoms with van der Waals surface area (Å²) in [5.41, 5.74) is 2.73. The molecule has 0 unspecified atom stereocenters. The fourth-order valence-electron chi connectivity index (χ4n) is 1.81. The predicted octanol–water partition coefficient (Wildman–Crippen LogP) is 2.19. The number of hydrogen-bond acceptors (Lipinski definition) is 2. The Bertz CT molecular complexity index is 316. The molecule has 14 heavy (non-hydrogen) atoms. The number of aromatic nitrogens is 1. The lowest BCUT2D eigenvalue weighted by Gasteiger charge is -2.24. The fraction of sp³-hybridized carbons (Fsp3) is 0.417. The Kier molecular flexibility index (Phi) is 2.94. The summed E-state index contributed by atoms with van der Waals surface area (Å²) < 4.78 is 0. The fourth-order valence-corrected chi connectivity index (χ4v) is 1.81. The Morgan fingerprint density at radius 1 is 1.50 bits per heavy atom. The largest absolute Gasteiger partial charge is 0.300 e. The Balaban J connectivity index is 2.11. The third-order valence-corrected chi connectivity index (χ3v) is 2.77. The number of nitrogens with zero attached hydrogens (tertiary/aromatic N) is 2. The minimum Gasteiger partial charge on any atom is -0.300 e. The molecule has 1 aliphatic rings. The van der Waals surface area contributed by atoms with Crippen LogP contribution in [0.3, 0.4) is 0 Å². The zero-order chi connectivity index (χ0) is 9.80. The van der Waals surface area contributed by atoms with Gasteiger partial charge in [-0.2, -0.15) is 0 Å². The number of likely N-dealkylation sites (N-methyl/N-ethyl adjacent to an activating group) is 1. The summed E-state index contributed by atoms with van der Waals surface area (Å²) in [6, 6.07) is 4.14. The molecule has 0 N–H and O–H groups in total. The molecule has 74 valence electrons. The quantitative estimate of drug-likeness (QED) is 0.707. The first-order valence-corrected chi connectivity index (χ1v) is 5.22. The van der Waals surface area contributed by atoms with Crippen molar-refractivity contribution in [2.24, 2.45) is 0 Å². The standard InChI is InChI=1S/C12H16N2/c1-2-14-8-5-11(6-9-14)12-4-3-7-13-10-12/h3-5,7,10H,2,6,8-9H2,1H3. The summed E-state index contributed by atoms with van der Waals surface area (Å²) in [7, 11) is 0. The van der Waals surface area contributed by atoms with Crippen molar-refractivity contribution in [3.05, 3.63) is 36.2 Å². The number of rotatable bonds is 2. The first-order chi connectivity index (χ1) is 6.90. The van der Waals surface area contributed by atoms with Crippen LogP contribution in [0.4, 0.5) is 0 Å². The summed E-state index contributed by atoms with van der Waals surface area (Å²) in [4.78, 5) is 6.59. The Hall–Kier alpha value is -1.15. The molecule has 1 aromatic rings. The van der Waals surface area contributed by atoms with Gasteiger partial charge in [0.25, 0.3) is 0 Å². The molecule has 2 heterocycles. The highest BCUT2D eigenvalue weighted by Gasteiger charge is 2.10. The molecule has 1 aliphatic heterocycles. The molecule has 0 aromatic carbocycles. The summed E-state index contributed by atoms with van der Waals surface area (Å²) in [6.45, 7) is 5.62. The average Bonchev–Trinajstić information content (AvgIpc) is 2.30. The Morgan fingerprint density at radius 3 is 3.00 bits per heavy atom. The van der Waals surface area contributed by atoms with E-state index in [1.165, 1.54) is 17.7 Å². The van der Waals surface area contributed by atoms with Gasteiger partial charge < -0.3 is 0 Å². The summed E-state index contributed by atoms with van der Waals surface area (Å²) in [5.74, 6) is 0. The summed E-state index contributed by atoms with van der Waals surface area (Å²) >= 11 is 0. The highest BCUT2D eigenvalue weighted by atomic mass is 15.1. The topological polar surface area (TPSA) is 16.1 Å². The minimum absolute atomic E-state index is 1.08. The maximum Gasteiger partial charge on any atom is 0.0342 e. The van der Waals surface area contributed by atoms with Gasteiger partial charge in [-0.3, -0.25) is 9.88 Å². The first-order valence-electron chi connectivity index (χ1n) is 5.22. The second-order valence-corrected chi connectivity index (χ2v) is 3.61. The smallest absolute Gasteiger partial charge is 0.0342 e. The molecule has 0 aliphatic carbocycles. The molecule has 0 fully saturated rings. The van der Waals surface area contributed by atoms with E-state index < -0.39 is 0 Å². The molecule has 0 radical (unpaired) electrons. The van der Waals surface area contributed by atoms with Crippen LogP contribution in [0.15, 0.2) is 30.6 Å². The van der Waals surface area contributed by atoms with Crippen molar-refractivity contribution in [3.8, 4) is 0 Å². The highest BCUT2D eigenvalue weighted by molar-refractivity contribution is 5.65. The van der Waals surface area contributed by atoms with Crippen LogP contribution in [0, 0.1) is 0 Å². The van der Waals surface area contributed by atoms with E-state index in [0.29, 0.717) is 0 Å². The van der Waals surface area contributed by atoms with Gasteiger partial charge in [0.2, 0.25) is 0 Å². The van der Waals surface area contributed by atoms with Crippen molar-refractivity contribution in [2.75, 3.05) is 19.6 Å². The first kappa shape index (κ1) is 9.41. The maximum atomic E-state index is 4.14. The molecular formula is C12H16N2. The van der Waals surface area contributed by atoms with Crippen molar-refractivity contribution < 1.29 is 0 Å². The van der Waals surface area contributed by atoms with Crippen molar-refractivity contribution in [1.29, 1.82) is 0 Å². The molecule has 2 rings (SSSR count). The molecule has 2 nitrogen and oxygen atoms in total. The van der Waals surface area contributed by atoms with Crippen molar-refractivity contribution in [2.45, 2.75) is 13.3 Å². The second kappa shape index (κ2) is 4.38. The maximum absolute atomic E-state index is 4.14. The van der Waals surface area contributed by atoms with E-state index in [-0.39, 0.29) is 0 Å². The van der Waals surface area contributed by atoms with Crippen LogP contribution >= 0.6 is 0 Å². The molecule has 0 amide bonds. The van der Waals surface area contributed by atoms with Crippen molar-refractivity contribution in [1.82, 2.24) is 9.88 Å². The van der Waals surface area contributed by atoms with E-state index >= 15 is 0 Å². The van der Waals surface area contributed by atoms with Gasteiger partial charge in [0.1, 0.15) is 0 Å². The lowest BCUT2D eigenvalue weighted by molar-refractivity contribution is 0.318. The van der Waals surface area contributed by atoms with Gasteiger partial charge in [0, 0.05) is 25.5 Å². The third-order valence-electron chi connectivity index (χ3n) is 2.77. The van der Waals surface area contributed by atoms with E-state index in [2.05, 4.69) is 29.0 Å². The average molecular weight is 188 g/mol. The molecule has 1 aromatic heterocycles. The molecule has 2 heteroatoms. The highest BCUT2D eigenvalue weighted by Crippen LogP contribution is 2.20. The summed E-state index contributed by atoms with van der Waals surface area (Å²) in [6.07, 6.45) is 7.25. The van der Waals surface area contributed by atoms with Crippen LogP contribution in [-0.2, 0) is 0 Å². The van der Waals surface area contributed by atoms with E-state index in [9.17, 15) is 0 Å². The predicted molar refractivity (Wildman–Crippen MR) is 58.9 cm³/mol. The van der Waals surface area contributed by atoms with Gasteiger partial charge in [0.05, 0.1) is 0 Å². The Morgan fingerprint density at radius 2 is 2.43 bits per heavy atom. The van der Waals surface area contributed by atoms with Gasteiger partial charge >= 0.3 is 0 Å². The molecule has 0 bridgehead atoms. The zero-order valence-corrected chi connectivity index (χ0v) is 8.61. The molecule has 0 saturated carbocycles. The minimum atomic E-state index is 1.08.